The van der Waals surface area contributed by atoms with Crippen LogP contribution in [0.4, 0.5) is 5.82 Å². The van der Waals surface area contributed by atoms with Crippen LogP contribution in [0.2, 0.25) is 0 Å². The van der Waals surface area contributed by atoms with E-state index in [0.29, 0.717) is 22.6 Å². The number of H-pyrrole nitrogens is 1. The van der Waals surface area contributed by atoms with Crippen molar-refractivity contribution in [2.24, 2.45) is 10.1 Å². The van der Waals surface area contributed by atoms with Gasteiger partial charge in [0, 0.05) is 17.3 Å². The molecule has 0 amide bonds. The average Bonchev–Trinajstić information content (AvgIpc) is 3.39. The lowest BCUT2D eigenvalue weighted by Gasteiger charge is -2.14. The van der Waals surface area contributed by atoms with Crippen LogP contribution < -0.4 is 5.56 Å². The van der Waals surface area contributed by atoms with E-state index in [1.807, 2.05) is 36.4 Å². The van der Waals surface area contributed by atoms with E-state index in [9.17, 15) is 25.5 Å². The molecule has 0 aliphatic heterocycles. The highest BCUT2D eigenvalue weighted by atomic mass is 16.3. The summed E-state index contributed by atoms with van der Waals surface area (Å²) in [6, 6.07) is 23.5. The fourth-order valence-corrected chi connectivity index (χ4v) is 4.05. The number of fused-ring (bicyclic) bond motifs is 1. The van der Waals surface area contributed by atoms with Crippen molar-refractivity contribution >= 4 is 28.8 Å². The van der Waals surface area contributed by atoms with Gasteiger partial charge >= 0.3 is 0 Å². The molecule has 2 aromatic heterocycles. The molecule has 0 saturated heterocycles. The summed E-state index contributed by atoms with van der Waals surface area (Å²) in [7, 11) is 0. The van der Waals surface area contributed by atoms with Crippen LogP contribution in [0.15, 0.2) is 87.7 Å². The van der Waals surface area contributed by atoms with Crippen molar-refractivity contribution in [1.82, 2.24) is 14.6 Å². The molecule has 0 radical (unpaired) electrons. The molecule has 3 N–H and O–H groups in total. The Hall–Kier alpha value is -6.00. The molecule has 2 heterocycles. The number of para-hydroxylation sites is 3. The lowest BCUT2D eigenvalue weighted by Crippen LogP contribution is -2.23. The minimum atomic E-state index is -0.830. The molecular weight excluding hydrogens is 494 g/mol. The maximum Gasteiger partial charge on any atom is 0.291 e. The van der Waals surface area contributed by atoms with Crippen molar-refractivity contribution < 1.29 is 10.2 Å². The first-order valence-corrected chi connectivity index (χ1v) is 11.7. The predicted molar refractivity (Wildman–Crippen MR) is 146 cm³/mol. The molecule has 0 aliphatic carbocycles. The summed E-state index contributed by atoms with van der Waals surface area (Å²) >= 11 is 0. The normalized spacial score (nSPS) is 11.5. The number of phenolic OH excluding ortho intramolecular Hbond substituents is 2. The van der Waals surface area contributed by atoms with E-state index < -0.39 is 5.56 Å². The monoisotopic (exact) mass is 513 g/mol. The number of aliphatic imine (C=N–C) groups is 1. The number of rotatable bonds is 5. The highest BCUT2D eigenvalue weighted by Gasteiger charge is 2.25. The van der Waals surface area contributed by atoms with E-state index in [-0.39, 0.29) is 39.6 Å². The number of phenols is 2. The molecule has 5 aromatic rings. The summed E-state index contributed by atoms with van der Waals surface area (Å²) in [5.74, 6) is 0.0905. The first-order chi connectivity index (χ1) is 18.9. The van der Waals surface area contributed by atoms with Crippen molar-refractivity contribution in [1.29, 1.82) is 10.5 Å². The van der Waals surface area contributed by atoms with Crippen molar-refractivity contribution in [2.75, 3.05) is 0 Å². The summed E-state index contributed by atoms with van der Waals surface area (Å²) in [6.45, 7) is 1.63. The number of benzene rings is 3. The van der Waals surface area contributed by atoms with Gasteiger partial charge in [-0.15, -0.1) is 0 Å². The standard InChI is InChI=1S/C29H19N7O3/c1-17(27-33-23-7-3-4-8-24(23)34-27)35-36-28(32-16-18-10-12-19(37)13-11-18)21(14-30)26(22(15-31)29(36)39)20-6-2-5-9-25(20)38/h2-13,16,37-38H,1H3,(H,33,34)/b32-16+,35-17+. The van der Waals surface area contributed by atoms with E-state index in [4.69, 9.17) is 0 Å². The predicted octanol–water partition coefficient (Wildman–Crippen LogP) is 4.57. The largest absolute Gasteiger partial charge is 0.508 e. The quantitative estimate of drug-likeness (QED) is 0.291. The zero-order valence-corrected chi connectivity index (χ0v) is 20.5. The SMILES string of the molecule is C/C(=N\n1c(/N=C/c2ccc(O)cc2)c(C#N)c(-c2ccccc2O)c(C#N)c1=O)c1nc2ccccc2[nH]1. The first kappa shape index (κ1) is 24.7. The van der Waals surface area contributed by atoms with Gasteiger partial charge in [-0.2, -0.15) is 20.3 Å². The molecule has 0 saturated carbocycles. The van der Waals surface area contributed by atoms with Crippen LogP contribution in [-0.2, 0) is 0 Å². The Labute approximate surface area is 221 Å². The third-order valence-electron chi connectivity index (χ3n) is 5.94. The minimum Gasteiger partial charge on any atom is -0.508 e. The number of aromatic amines is 1. The number of imidazole rings is 1. The Kier molecular flexibility index (Phi) is 6.43. The lowest BCUT2D eigenvalue weighted by molar-refractivity contribution is 0.475. The molecule has 188 valence electrons. The molecule has 0 atom stereocenters. The molecule has 0 unspecified atom stereocenters. The minimum absolute atomic E-state index is 0.0474. The van der Waals surface area contributed by atoms with Crippen molar-refractivity contribution in [2.45, 2.75) is 6.92 Å². The Morgan fingerprint density at radius 1 is 0.974 bits per heavy atom. The number of pyridine rings is 1. The average molecular weight is 514 g/mol. The van der Waals surface area contributed by atoms with Gasteiger partial charge < -0.3 is 15.2 Å². The zero-order chi connectivity index (χ0) is 27.5. The summed E-state index contributed by atoms with van der Waals surface area (Å²) in [6.07, 6.45) is 1.40. The molecule has 0 fully saturated rings. The van der Waals surface area contributed by atoms with E-state index in [0.717, 1.165) is 10.2 Å². The topological polar surface area (TPSA) is 163 Å². The maximum atomic E-state index is 13.7. The number of nitriles is 2. The summed E-state index contributed by atoms with van der Waals surface area (Å²) in [4.78, 5) is 25.8. The van der Waals surface area contributed by atoms with Gasteiger partial charge in [0.1, 0.15) is 40.5 Å². The second-order valence-electron chi connectivity index (χ2n) is 8.44. The zero-order valence-electron chi connectivity index (χ0n) is 20.5. The van der Waals surface area contributed by atoms with Crippen LogP contribution in [-0.4, -0.2) is 36.8 Å². The molecular formula is C29H19N7O3. The van der Waals surface area contributed by atoms with Crippen molar-refractivity contribution in [3.8, 4) is 34.8 Å². The first-order valence-electron chi connectivity index (χ1n) is 11.7. The van der Waals surface area contributed by atoms with Gasteiger partial charge in [0.2, 0.25) is 0 Å². The van der Waals surface area contributed by atoms with Gasteiger partial charge in [-0.1, -0.05) is 30.3 Å². The molecule has 3 aromatic carbocycles. The third-order valence-corrected chi connectivity index (χ3v) is 5.94. The second-order valence-corrected chi connectivity index (χ2v) is 8.44. The van der Waals surface area contributed by atoms with Crippen LogP contribution in [0, 0.1) is 22.7 Å². The van der Waals surface area contributed by atoms with Crippen molar-refractivity contribution in [3.63, 3.8) is 0 Å². The van der Waals surface area contributed by atoms with Gasteiger partial charge in [-0.25, -0.2) is 9.98 Å². The fourth-order valence-electron chi connectivity index (χ4n) is 4.05. The molecule has 0 aliphatic rings. The van der Waals surface area contributed by atoms with Crippen LogP contribution >= 0.6 is 0 Å². The number of aromatic nitrogens is 3. The summed E-state index contributed by atoms with van der Waals surface area (Å²) < 4.78 is 0.889. The number of nitrogens with one attached hydrogen (secondary N) is 1. The van der Waals surface area contributed by atoms with Crippen LogP contribution in [0.5, 0.6) is 11.5 Å². The molecule has 39 heavy (non-hydrogen) atoms. The van der Waals surface area contributed by atoms with E-state index >= 15 is 0 Å². The molecule has 0 bridgehead atoms. The van der Waals surface area contributed by atoms with Gasteiger partial charge in [0.05, 0.1) is 11.0 Å². The number of hydrogen-bond acceptors (Lipinski definition) is 8. The highest BCUT2D eigenvalue weighted by Crippen LogP contribution is 2.36. The van der Waals surface area contributed by atoms with E-state index in [1.54, 1.807) is 31.2 Å². The second kappa shape index (κ2) is 10.2. The Morgan fingerprint density at radius 3 is 2.36 bits per heavy atom. The van der Waals surface area contributed by atoms with E-state index in [1.165, 1.54) is 30.5 Å². The maximum absolute atomic E-state index is 13.7. The van der Waals surface area contributed by atoms with Crippen LogP contribution in [0.25, 0.3) is 22.2 Å². The van der Waals surface area contributed by atoms with Gasteiger partial charge in [0.15, 0.2) is 11.6 Å². The smallest absolute Gasteiger partial charge is 0.291 e. The Bertz CT molecular complexity index is 1900. The lowest BCUT2D eigenvalue weighted by atomic mass is 9.96. The van der Waals surface area contributed by atoms with E-state index in [2.05, 4.69) is 20.1 Å². The summed E-state index contributed by atoms with van der Waals surface area (Å²) in [5, 5.41) is 44.8. The number of nitrogens with zero attached hydrogens (tertiary/aromatic N) is 6. The third kappa shape index (κ3) is 4.61. The highest BCUT2D eigenvalue weighted by molar-refractivity contribution is 5.98. The van der Waals surface area contributed by atoms with Crippen LogP contribution in [0.3, 0.4) is 0 Å². The number of hydrogen-bond donors (Lipinski definition) is 3. The van der Waals surface area contributed by atoms with Gasteiger partial charge in [0.25, 0.3) is 5.56 Å². The molecule has 10 heteroatoms. The fraction of sp³-hybridized carbons (Fsp3) is 0.0345. The van der Waals surface area contributed by atoms with Crippen LogP contribution in [0.1, 0.15) is 29.4 Å². The Balaban J connectivity index is 1.80. The Morgan fingerprint density at radius 2 is 1.67 bits per heavy atom. The molecule has 0 spiro atoms. The van der Waals surface area contributed by atoms with Gasteiger partial charge in [-0.3, -0.25) is 4.79 Å². The summed E-state index contributed by atoms with van der Waals surface area (Å²) in [5.41, 5.74) is 1.09. The number of aromatic hydroxyl groups is 2. The molecule has 5 rings (SSSR count). The van der Waals surface area contributed by atoms with Crippen molar-refractivity contribution in [3.05, 3.63) is 106 Å². The molecule has 10 nitrogen and oxygen atoms in total. The van der Waals surface area contributed by atoms with Gasteiger partial charge in [-0.05, 0) is 55.0 Å².